The summed E-state index contributed by atoms with van der Waals surface area (Å²) in [7, 11) is 0. The van der Waals surface area contributed by atoms with Gasteiger partial charge in [-0.25, -0.2) is 9.37 Å². The van der Waals surface area contributed by atoms with Crippen molar-refractivity contribution >= 4 is 5.91 Å². The highest BCUT2D eigenvalue weighted by atomic mass is 19.1. The SMILES string of the molecule is O=C(Cc1ccc(F)cc1)N1CC[C@@H](Oc2ccccn2)C1. The number of hydrogen-bond donors (Lipinski definition) is 0. The quantitative estimate of drug-likeness (QED) is 0.871. The second kappa shape index (κ2) is 6.56. The molecule has 1 saturated heterocycles. The fraction of sp³-hybridized carbons (Fsp3) is 0.294. The Labute approximate surface area is 128 Å². The van der Waals surface area contributed by atoms with Crippen LogP contribution in [0.1, 0.15) is 12.0 Å². The van der Waals surface area contributed by atoms with Crippen LogP contribution in [0.4, 0.5) is 4.39 Å². The maximum Gasteiger partial charge on any atom is 0.227 e. The monoisotopic (exact) mass is 300 g/mol. The van der Waals surface area contributed by atoms with E-state index in [1.807, 2.05) is 18.2 Å². The number of ether oxygens (including phenoxy) is 1. The van der Waals surface area contributed by atoms with Crippen LogP contribution >= 0.6 is 0 Å². The predicted octanol–water partition coefficient (Wildman–Crippen LogP) is 2.44. The Morgan fingerprint density at radius 1 is 1.27 bits per heavy atom. The molecule has 0 saturated carbocycles. The number of halogens is 1. The number of nitrogens with zero attached hydrogens (tertiary/aromatic N) is 2. The van der Waals surface area contributed by atoms with Gasteiger partial charge in [0.05, 0.1) is 13.0 Å². The number of hydrogen-bond acceptors (Lipinski definition) is 3. The zero-order chi connectivity index (χ0) is 15.4. The molecule has 2 aromatic rings. The maximum absolute atomic E-state index is 12.9. The predicted molar refractivity (Wildman–Crippen MR) is 80.0 cm³/mol. The van der Waals surface area contributed by atoms with Crippen molar-refractivity contribution in [3.8, 4) is 5.88 Å². The van der Waals surface area contributed by atoms with Crippen molar-refractivity contribution < 1.29 is 13.9 Å². The van der Waals surface area contributed by atoms with Crippen molar-refractivity contribution in [1.29, 1.82) is 0 Å². The van der Waals surface area contributed by atoms with Crippen LogP contribution in [-0.4, -0.2) is 35.0 Å². The number of carbonyl (C=O) groups is 1. The third-order valence-electron chi connectivity index (χ3n) is 3.69. The minimum absolute atomic E-state index is 0.0212. The van der Waals surface area contributed by atoms with E-state index in [-0.39, 0.29) is 24.2 Å². The Bertz CT molecular complexity index is 631. The molecule has 4 nitrogen and oxygen atoms in total. The lowest BCUT2D eigenvalue weighted by Gasteiger charge is -2.17. The van der Waals surface area contributed by atoms with Gasteiger partial charge in [-0.1, -0.05) is 18.2 Å². The summed E-state index contributed by atoms with van der Waals surface area (Å²) in [5, 5.41) is 0. The molecule has 0 spiro atoms. The van der Waals surface area contributed by atoms with Gasteiger partial charge in [-0.05, 0) is 23.8 Å². The van der Waals surface area contributed by atoms with Gasteiger partial charge in [0.2, 0.25) is 11.8 Å². The van der Waals surface area contributed by atoms with Gasteiger partial charge < -0.3 is 9.64 Å². The molecule has 5 heteroatoms. The molecule has 1 atom stereocenters. The highest BCUT2D eigenvalue weighted by Gasteiger charge is 2.27. The number of amides is 1. The Morgan fingerprint density at radius 2 is 2.09 bits per heavy atom. The summed E-state index contributed by atoms with van der Waals surface area (Å²) in [5.41, 5.74) is 0.820. The van der Waals surface area contributed by atoms with E-state index >= 15 is 0 Å². The average molecular weight is 300 g/mol. The lowest BCUT2D eigenvalue weighted by Crippen LogP contribution is -2.32. The van der Waals surface area contributed by atoms with Crippen LogP contribution in [0.3, 0.4) is 0 Å². The topological polar surface area (TPSA) is 42.4 Å². The van der Waals surface area contributed by atoms with Crippen LogP contribution in [0, 0.1) is 5.82 Å². The van der Waals surface area contributed by atoms with Gasteiger partial charge in [0, 0.05) is 25.2 Å². The molecule has 3 rings (SSSR count). The van der Waals surface area contributed by atoms with Gasteiger partial charge in [0.1, 0.15) is 11.9 Å². The number of rotatable bonds is 4. The maximum atomic E-state index is 12.9. The Balaban J connectivity index is 1.53. The second-order valence-electron chi connectivity index (χ2n) is 5.34. The van der Waals surface area contributed by atoms with Gasteiger partial charge in [0.25, 0.3) is 0 Å². The zero-order valence-corrected chi connectivity index (χ0v) is 12.1. The Hall–Kier alpha value is -2.43. The average Bonchev–Trinajstić information content (AvgIpc) is 2.99. The molecule has 2 heterocycles. The van der Waals surface area contributed by atoms with E-state index in [1.165, 1.54) is 12.1 Å². The van der Waals surface area contributed by atoms with E-state index in [0.717, 1.165) is 12.0 Å². The van der Waals surface area contributed by atoms with Crippen molar-refractivity contribution in [1.82, 2.24) is 9.88 Å². The molecule has 1 aliphatic rings. The molecule has 0 aliphatic carbocycles. The first-order chi connectivity index (χ1) is 10.7. The second-order valence-corrected chi connectivity index (χ2v) is 5.34. The molecule has 0 N–H and O–H groups in total. The highest BCUT2D eigenvalue weighted by Crippen LogP contribution is 2.17. The minimum Gasteiger partial charge on any atom is -0.472 e. The van der Waals surface area contributed by atoms with Crippen molar-refractivity contribution in [2.45, 2.75) is 18.9 Å². The van der Waals surface area contributed by atoms with Crippen molar-refractivity contribution in [3.05, 3.63) is 60.0 Å². The highest BCUT2D eigenvalue weighted by molar-refractivity contribution is 5.79. The molecule has 0 unspecified atom stereocenters. The molecule has 0 radical (unpaired) electrons. The first-order valence-electron chi connectivity index (χ1n) is 7.30. The fourth-order valence-corrected chi connectivity index (χ4v) is 2.53. The van der Waals surface area contributed by atoms with Crippen LogP contribution in [0.5, 0.6) is 5.88 Å². The third kappa shape index (κ3) is 3.61. The van der Waals surface area contributed by atoms with Gasteiger partial charge in [-0.15, -0.1) is 0 Å². The van der Waals surface area contributed by atoms with E-state index in [4.69, 9.17) is 4.74 Å². The summed E-state index contributed by atoms with van der Waals surface area (Å²) in [6.45, 7) is 1.24. The Kier molecular flexibility index (Phi) is 4.32. The van der Waals surface area contributed by atoms with Crippen LogP contribution in [-0.2, 0) is 11.2 Å². The van der Waals surface area contributed by atoms with E-state index in [1.54, 1.807) is 23.2 Å². The molecule has 1 aromatic carbocycles. The molecule has 1 aliphatic heterocycles. The zero-order valence-electron chi connectivity index (χ0n) is 12.1. The molecule has 1 aromatic heterocycles. The number of pyridine rings is 1. The lowest BCUT2D eigenvalue weighted by atomic mass is 10.1. The molecular formula is C17H17FN2O2. The molecular weight excluding hydrogens is 283 g/mol. The number of aromatic nitrogens is 1. The summed E-state index contributed by atoms with van der Waals surface area (Å²) in [5.74, 6) is 0.334. The van der Waals surface area contributed by atoms with Crippen LogP contribution < -0.4 is 4.74 Å². The van der Waals surface area contributed by atoms with Gasteiger partial charge >= 0.3 is 0 Å². The molecule has 1 fully saturated rings. The van der Waals surface area contributed by atoms with Gasteiger partial charge in [0.15, 0.2) is 0 Å². The minimum atomic E-state index is -0.291. The number of likely N-dealkylation sites (tertiary alicyclic amines) is 1. The van der Waals surface area contributed by atoms with Crippen molar-refractivity contribution in [2.24, 2.45) is 0 Å². The van der Waals surface area contributed by atoms with Crippen molar-refractivity contribution in [3.63, 3.8) is 0 Å². The molecule has 22 heavy (non-hydrogen) atoms. The summed E-state index contributed by atoms with van der Waals surface area (Å²) in [6, 6.07) is 11.5. The number of benzene rings is 1. The van der Waals surface area contributed by atoms with E-state index in [2.05, 4.69) is 4.98 Å². The summed E-state index contributed by atoms with van der Waals surface area (Å²) in [4.78, 5) is 18.2. The first kappa shape index (κ1) is 14.5. The van der Waals surface area contributed by atoms with E-state index in [9.17, 15) is 9.18 Å². The molecule has 1 amide bonds. The van der Waals surface area contributed by atoms with Crippen LogP contribution in [0.15, 0.2) is 48.7 Å². The van der Waals surface area contributed by atoms with E-state index < -0.39 is 0 Å². The standard InChI is InChI=1S/C17H17FN2O2/c18-14-6-4-13(5-7-14)11-17(21)20-10-8-15(12-20)22-16-3-1-2-9-19-16/h1-7,9,15H,8,10-12H2/t15-/m1/s1. The lowest BCUT2D eigenvalue weighted by molar-refractivity contribution is -0.129. The van der Waals surface area contributed by atoms with Gasteiger partial charge in [-0.2, -0.15) is 0 Å². The van der Waals surface area contributed by atoms with Crippen molar-refractivity contribution in [2.75, 3.05) is 13.1 Å². The largest absolute Gasteiger partial charge is 0.472 e. The Morgan fingerprint density at radius 3 is 2.82 bits per heavy atom. The smallest absolute Gasteiger partial charge is 0.227 e. The van der Waals surface area contributed by atoms with Crippen LogP contribution in [0.2, 0.25) is 0 Å². The van der Waals surface area contributed by atoms with E-state index in [0.29, 0.717) is 19.0 Å². The molecule has 0 bridgehead atoms. The van der Waals surface area contributed by atoms with Gasteiger partial charge in [-0.3, -0.25) is 4.79 Å². The molecule has 114 valence electrons. The summed E-state index contributed by atoms with van der Waals surface area (Å²) < 4.78 is 18.6. The summed E-state index contributed by atoms with van der Waals surface area (Å²) in [6.07, 6.45) is 2.75. The first-order valence-corrected chi connectivity index (χ1v) is 7.30. The third-order valence-corrected chi connectivity index (χ3v) is 3.69. The number of carbonyl (C=O) groups excluding carboxylic acids is 1. The summed E-state index contributed by atoms with van der Waals surface area (Å²) >= 11 is 0. The van der Waals surface area contributed by atoms with Crippen LogP contribution in [0.25, 0.3) is 0 Å². The normalized spacial score (nSPS) is 17.5. The fourth-order valence-electron chi connectivity index (χ4n) is 2.53.